The molecule has 2 amide bonds. The lowest BCUT2D eigenvalue weighted by molar-refractivity contribution is 0.101. The van der Waals surface area contributed by atoms with Gasteiger partial charge in [-0.05, 0) is 72.8 Å². The van der Waals surface area contributed by atoms with Crippen LogP contribution >= 0.6 is 0 Å². The Balaban J connectivity index is 1.20. The van der Waals surface area contributed by atoms with Crippen molar-refractivity contribution >= 4 is 34.0 Å². The van der Waals surface area contributed by atoms with Crippen molar-refractivity contribution in [3.63, 3.8) is 0 Å². The first-order chi connectivity index (χ1) is 20.6. The Morgan fingerprint density at radius 1 is 0.405 bits per heavy atom. The van der Waals surface area contributed by atoms with E-state index in [2.05, 4.69) is 10.6 Å². The van der Waals surface area contributed by atoms with Crippen LogP contribution in [0.2, 0.25) is 0 Å². The van der Waals surface area contributed by atoms with E-state index < -0.39 is 0 Å². The molecule has 0 aliphatic carbocycles. The molecule has 0 aliphatic heterocycles. The zero-order valence-corrected chi connectivity index (χ0v) is 22.5. The summed E-state index contributed by atoms with van der Waals surface area (Å²) >= 11 is 0. The van der Waals surface area contributed by atoms with Gasteiger partial charge in [0.2, 0.25) is 0 Å². The second kappa shape index (κ2) is 12.1. The summed E-state index contributed by atoms with van der Waals surface area (Å²) in [5.41, 5.74) is 2.17. The molecule has 6 heteroatoms. The molecule has 0 bridgehead atoms. The van der Waals surface area contributed by atoms with E-state index in [0.29, 0.717) is 45.5 Å². The molecule has 0 spiro atoms. The van der Waals surface area contributed by atoms with Gasteiger partial charge in [-0.25, -0.2) is 0 Å². The van der Waals surface area contributed by atoms with Crippen molar-refractivity contribution in [2.24, 2.45) is 0 Å². The fourth-order valence-electron chi connectivity index (χ4n) is 4.57. The summed E-state index contributed by atoms with van der Waals surface area (Å²) in [5.74, 6) is 1.96. The van der Waals surface area contributed by atoms with Gasteiger partial charge in [0.1, 0.15) is 23.0 Å². The SMILES string of the molecule is O=C(Nc1cccc2c(NC(=O)c3cccc(Oc4ccccc4)c3)cccc12)c1cccc(Oc2ccccc2)c1. The quantitative estimate of drug-likeness (QED) is 0.198. The standard InChI is InChI=1S/C36H26N2O4/c39-35(25-11-7-17-29(23-25)41-27-13-3-1-4-14-27)37-33-21-9-20-32-31(33)19-10-22-34(32)38-36(40)26-12-8-18-30(24-26)42-28-15-5-2-6-16-28/h1-24H,(H,37,39)(H,38,40). The van der Waals surface area contributed by atoms with Gasteiger partial charge in [-0.15, -0.1) is 0 Å². The molecule has 0 atom stereocenters. The average Bonchev–Trinajstić information content (AvgIpc) is 3.03. The average molecular weight is 551 g/mol. The minimum atomic E-state index is -0.273. The number of amides is 2. The maximum atomic E-state index is 13.2. The van der Waals surface area contributed by atoms with E-state index in [1.165, 1.54) is 0 Å². The van der Waals surface area contributed by atoms with Crippen molar-refractivity contribution < 1.29 is 19.1 Å². The number of benzene rings is 6. The first-order valence-corrected chi connectivity index (χ1v) is 13.4. The largest absolute Gasteiger partial charge is 0.457 e. The zero-order valence-electron chi connectivity index (χ0n) is 22.5. The number of para-hydroxylation sites is 2. The number of fused-ring (bicyclic) bond motifs is 1. The summed E-state index contributed by atoms with van der Waals surface area (Å²) in [4.78, 5) is 26.4. The Hall–Kier alpha value is -5.88. The molecule has 0 heterocycles. The van der Waals surface area contributed by atoms with E-state index in [-0.39, 0.29) is 11.8 Å². The van der Waals surface area contributed by atoms with Crippen LogP contribution in [0.3, 0.4) is 0 Å². The number of anilines is 2. The van der Waals surface area contributed by atoms with Gasteiger partial charge in [0.15, 0.2) is 0 Å². The fraction of sp³-hybridized carbons (Fsp3) is 0. The lowest BCUT2D eigenvalue weighted by atomic mass is 10.1. The summed E-state index contributed by atoms with van der Waals surface area (Å²) < 4.78 is 11.8. The van der Waals surface area contributed by atoms with E-state index in [9.17, 15) is 9.59 Å². The molecule has 6 aromatic carbocycles. The third-order valence-corrected chi connectivity index (χ3v) is 6.57. The number of nitrogens with one attached hydrogen (secondary N) is 2. The molecule has 0 aliphatic rings. The molecule has 2 N–H and O–H groups in total. The molecule has 0 saturated carbocycles. The molecule has 0 aromatic heterocycles. The minimum Gasteiger partial charge on any atom is -0.457 e. The highest BCUT2D eigenvalue weighted by atomic mass is 16.5. The predicted octanol–water partition coefficient (Wildman–Crippen LogP) is 8.93. The van der Waals surface area contributed by atoms with Crippen LogP contribution in [0, 0.1) is 0 Å². The van der Waals surface area contributed by atoms with Crippen LogP contribution in [0.4, 0.5) is 11.4 Å². The topological polar surface area (TPSA) is 76.7 Å². The molecule has 0 fully saturated rings. The van der Waals surface area contributed by atoms with Gasteiger partial charge in [0, 0.05) is 33.3 Å². The van der Waals surface area contributed by atoms with Crippen LogP contribution in [0.5, 0.6) is 23.0 Å². The summed E-state index contributed by atoms with van der Waals surface area (Å²) in [7, 11) is 0. The van der Waals surface area contributed by atoms with Crippen LogP contribution in [-0.4, -0.2) is 11.8 Å². The zero-order chi connectivity index (χ0) is 28.7. The number of rotatable bonds is 8. The van der Waals surface area contributed by atoms with Gasteiger partial charge in [0.25, 0.3) is 11.8 Å². The highest BCUT2D eigenvalue weighted by Crippen LogP contribution is 2.31. The number of hydrogen-bond donors (Lipinski definition) is 2. The van der Waals surface area contributed by atoms with E-state index in [4.69, 9.17) is 9.47 Å². The van der Waals surface area contributed by atoms with E-state index >= 15 is 0 Å². The second-order valence-electron chi connectivity index (χ2n) is 9.50. The first-order valence-electron chi connectivity index (χ1n) is 13.4. The molecule has 204 valence electrons. The number of carbonyl (C=O) groups excluding carboxylic acids is 2. The van der Waals surface area contributed by atoms with Gasteiger partial charge in [-0.3, -0.25) is 9.59 Å². The van der Waals surface area contributed by atoms with Gasteiger partial charge in [-0.2, -0.15) is 0 Å². The molecule has 0 saturated heterocycles. The molecule has 6 aromatic rings. The summed E-state index contributed by atoms with van der Waals surface area (Å²) in [5, 5.41) is 7.61. The summed E-state index contributed by atoms with van der Waals surface area (Å²) in [6.07, 6.45) is 0. The van der Waals surface area contributed by atoms with Gasteiger partial charge >= 0.3 is 0 Å². The predicted molar refractivity (Wildman–Crippen MR) is 166 cm³/mol. The monoisotopic (exact) mass is 550 g/mol. The Morgan fingerprint density at radius 2 is 0.786 bits per heavy atom. The molecule has 0 radical (unpaired) electrons. The number of ether oxygens (including phenoxy) is 2. The Labute approximate surface area is 243 Å². The first kappa shape index (κ1) is 26.3. The third kappa shape index (κ3) is 6.13. The Kier molecular flexibility index (Phi) is 7.59. The van der Waals surface area contributed by atoms with E-state index in [0.717, 1.165) is 10.8 Å². The lowest BCUT2D eigenvalue weighted by Crippen LogP contribution is -2.13. The highest BCUT2D eigenvalue weighted by molar-refractivity contribution is 6.14. The minimum absolute atomic E-state index is 0.273. The summed E-state index contributed by atoms with van der Waals surface area (Å²) in [6.45, 7) is 0. The van der Waals surface area contributed by atoms with Gasteiger partial charge in [-0.1, -0.05) is 72.8 Å². The van der Waals surface area contributed by atoms with E-state index in [1.54, 1.807) is 48.5 Å². The highest BCUT2D eigenvalue weighted by Gasteiger charge is 2.14. The number of hydrogen-bond acceptors (Lipinski definition) is 4. The van der Waals surface area contributed by atoms with Crippen molar-refractivity contribution in [3.8, 4) is 23.0 Å². The third-order valence-electron chi connectivity index (χ3n) is 6.57. The van der Waals surface area contributed by atoms with E-state index in [1.807, 2.05) is 97.1 Å². The maximum absolute atomic E-state index is 13.2. The molecular weight excluding hydrogens is 524 g/mol. The molecule has 0 unspecified atom stereocenters. The molecular formula is C36H26N2O4. The fourth-order valence-corrected chi connectivity index (χ4v) is 4.57. The summed E-state index contributed by atoms with van der Waals surface area (Å²) in [6, 6.07) is 44.0. The van der Waals surface area contributed by atoms with Crippen LogP contribution in [0.15, 0.2) is 146 Å². The second-order valence-corrected chi connectivity index (χ2v) is 9.50. The Bertz CT molecular complexity index is 1730. The van der Waals surface area contributed by atoms with Crippen molar-refractivity contribution in [2.75, 3.05) is 10.6 Å². The van der Waals surface area contributed by atoms with Crippen LogP contribution in [0.25, 0.3) is 10.8 Å². The lowest BCUT2D eigenvalue weighted by Gasteiger charge is -2.13. The smallest absolute Gasteiger partial charge is 0.255 e. The van der Waals surface area contributed by atoms with Crippen molar-refractivity contribution in [1.82, 2.24) is 0 Å². The van der Waals surface area contributed by atoms with Crippen LogP contribution < -0.4 is 20.1 Å². The van der Waals surface area contributed by atoms with Crippen molar-refractivity contribution in [3.05, 3.63) is 157 Å². The van der Waals surface area contributed by atoms with Crippen LogP contribution in [0.1, 0.15) is 20.7 Å². The molecule has 6 nitrogen and oxygen atoms in total. The van der Waals surface area contributed by atoms with Gasteiger partial charge in [0.05, 0.1) is 0 Å². The van der Waals surface area contributed by atoms with Gasteiger partial charge < -0.3 is 20.1 Å². The Morgan fingerprint density at radius 3 is 1.21 bits per heavy atom. The molecule has 6 rings (SSSR count). The molecule has 42 heavy (non-hydrogen) atoms. The normalized spacial score (nSPS) is 10.6. The number of carbonyl (C=O) groups is 2. The maximum Gasteiger partial charge on any atom is 0.255 e. The van der Waals surface area contributed by atoms with Crippen LogP contribution in [-0.2, 0) is 0 Å². The van der Waals surface area contributed by atoms with Crippen molar-refractivity contribution in [2.45, 2.75) is 0 Å². The van der Waals surface area contributed by atoms with Crippen molar-refractivity contribution in [1.29, 1.82) is 0 Å².